The molecule has 0 saturated carbocycles. The Morgan fingerprint density at radius 3 is 2.70 bits per heavy atom. The molecule has 3 heteroatoms. The van der Waals surface area contributed by atoms with Crippen LogP contribution in [-0.4, -0.2) is 7.11 Å². The highest BCUT2D eigenvalue weighted by Gasteiger charge is 1.98. The van der Waals surface area contributed by atoms with Gasteiger partial charge in [-0.3, -0.25) is 0 Å². The molecule has 10 heavy (non-hydrogen) atoms. The molecular formula is C7H6BrOS. The second-order valence-corrected chi connectivity index (χ2v) is 3.15. The van der Waals surface area contributed by atoms with E-state index in [-0.39, 0.29) is 0 Å². The van der Waals surface area contributed by atoms with E-state index in [0.29, 0.717) is 0 Å². The van der Waals surface area contributed by atoms with Gasteiger partial charge < -0.3 is 4.74 Å². The Hall–Kier alpha value is -0.280. The van der Waals surface area contributed by atoms with E-state index in [4.69, 9.17) is 17.4 Å². The number of benzene rings is 1. The van der Waals surface area contributed by atoms with Crippen LogP contribution in [0, 0.1) is 0 Å². The Balaban J connectivity index is 3.09. The van der Waals surface area contributed by atoms with Gasteiger partial charge in [0, 0.05) is 4.47 Å². The molecule has 53 valence electrons. The summed E-state index contributed by atoms with van der Waals surface area (Å²) in [4.78, 5) is 0.741. The fourth-order valence-electron chi connectivity index (χ4n) is 0.641. The molecule has 0 aliphatic heterocycles. The molecule has 0 spiro atoms. The second-order valence-electron chi connectivity index (χ2n) is 1.80. The van der Waals surface area contributed by atoms with Gasteiger partial charge in [0.2, 0.25) is 0 Å². The van der Waals surface area contributed by atoms with Crippen LogP contribution in [0.4, 0.5) is 0 Å². The zero-order valence-corrected chi connectivity index (χ0v) is 7.83. The maximum Gasteiger partial charge on any atom is 0.138 e. The van der Waals surface area contributed by atoms with E-state index < -0.39 is 0 Å². The Kier molecular flexibility index (Phi) is 2.51. The topological polar surface area (TPSA) is 9.23 Å². The van der Waals surface area contributed by atoms with Gasteiger partial charge in [0.05, 0.1) is 12.0 Å². The van der Waals surface area contributed by atoms with Gasteiger partial charge >= 0.3 is 0 Å². The van der Waals surface area contributed by atoms with Crippen LogP contribution >= 0.6 is 28.6 Å². The van der Waals surface area contributed by atoms with Gasteiger partial charge in [-0.25, -0.2) is 0 Å². The van der Waals surface area contributed by atoms with Gasteiger partial charge in [-0.05, 0) is 18.2 Å². The predicted molar refractivity (Wildman–Crippen MR) is 46.6 cm³/mol. The lowest BCUT2D eigenvalue weighted by atomic mass is 10.3. The van der Waals surface area contributed by atoms with E-state index in [0.717, 1.165) is 15.1 Å². The third kappa shape index (κ3) is 1.61. The van der Waals surface area contributed by atoms with Crippen molar-refractivity contribution >= 4 is 28.6 Å². The molecule has 0 unspecified atom stereocenters. The first-order valence-electron chi connectivity index (χ1n) is 2.74. The molecule has 1 aromatic carbocycles. The summed E-state index contributed by atoms with van der Waals surface area (Å²) in [6, 6.07) is 5.57. The summed E-state index contributed by atoms with van der Waals surface area (Å²) in [5.74, 6) is 0.740. The zero-order chi connectivity index (χ0) is 7.56. The van der Waals surface area contributed by atoms with E-state index >= 15 is 0 Å². The Bertz CT molecular complexity index is 237. The van der Waals surface area contributed by atoms with E-state index in [2.05, 4.69) is 15.9 Å². The maximum atomic E-state index is 4.99. The van der Waals surface area contributed by atoms with E-state index in [1.165, 1.54) is 0 Å². The molecule has 0 bridgehead atoms. The van der Waals surface area contributed by atoms with E-state index in [1.54, 1.807) is 7.11 Å². The van der Waals surface area contributed by atoms with Crippen molar-refractivity contribution < 1.29 is 4.74 Å². The molecule has 0 fully saturated rings. The average molecular weight is 218 g/mol. The lowest BCUT2D eigenvalue weighted by Crippen LogP contribution is -1.83. The minimum atomic E-state index is 0.740. The zero-order valence-electron chi connectivity index (χ0n) is 5.43. The number of methoxy groups -OCH3 is 1. The molecule has 1 nitrogen and oxygen atoms in total. The van der Waals surface area contributed by atoms with Crippen molar-refractivity contribution in [1.29, 1.82) is 0 Å². The molecule has 0 heterocycles. The van der Waals surface area contributed by atoms with Crippen LogP contribution in [0.15, 0.2) is 27.6 Å². The minimum absolute atomic E-state index is 0.740. The highest BCUT2D eigenvalue weighted by molar-refractivity contribution is 9.10. The fourth-order valence-corrected chi connectivity index (χ4v) is 1.19. The van der Waals surface area contributed by atoms with Crippen molar-refractivity contribution in [3.63, 3.8) is 0 Å². The van der Waals surface area contributed by atoms with Crippen molar-refractivity contribution in [2.75, 3.05) is 7.11 Å². The van der Waals surface area contributed by atoms with Crippen LogP contribution in [0.1, 0.15) is 0 Å². The van der Waals surface area contributed by atoms with Crippen molar-refractivity contribution in [3.8, 4) is 5.75 Å². The average Bonchev–Trinajstić information content (AvgIpc) is 1.94. The van der Waals surface area contributed by atoms with Gasteiger partial charge in [-0.15, -0.1) is 0 Å². The summed E-state index contributed by atoms with van der Waals surface area (Å²) in [6.07, 6.45) is 0. The van der Waals surface area contributed by atoms with Crippen molar-refractivity contribution in [3.05, 3.63) is 22.7 Å². The molecule has 0 aliphatic rings. The molecule has 0 atom stereocenters. The molecule has 0 saturated heterocycles. The van der Waals surface area contributed by atoms with Crippen LogP contribution in [0.5, 0.6) is 5.75 Å². The normalized spacial score (nSPS) is 9.40. The summed E-state index contributed by atoms with van der Waals surface area (Å²) in [6.45, 7) is 0. The minimum Gasteiger partial charge on any atom is -0.495 e. The van der Waals surface area contributed by atoms with Gasteiger partial charge in [-0.1, -0.05) is 28.6 Å². The van der Waals surface area contributed by atoms with Gasteiger partial charge in [-0.2, -0.15) is 0 Å². The van der Waals surface area contributed by atoms with Crippen LogP contribution in [-0.2, 0) is 0 Å². The summed E-state index contributed by atoms with van der Waals surface area (Å²) in [5.41, 5.74) is 0. The molecule has 0 aliphatic carbocycles. The Labute approximate surface area is 73.9 Å². The monoisotopic (exact) mass is 217 g/mol. The largest absolute Gasteiger partial charge is 0.495 e. The van der Waals surface area contributed by atoms with Crippen LogP contribution < -0.4 is 4.74 Å². The summed E-state index contributed by atoms with van der Waals surface area (Å²) >= 11 is 8.28. The second kappa shape index (κ2) is 3.21. The van der Waals surface area contributed by atoms with Crippen LogP contribution in [0.25, 0.3) is 0 Å². The third-order valence-electron chi connectivity index (χ3n) is 1.13. The first-order chi connectivity index (χ1) is 4.74. The van der Waals surface area contributed by atoms with E-state index in [9.17, 15) is 0 Å². The van der Waals surface area contributed by atoms with Gasteiger partial charge in [0.25, 0.3) is 0 Å². The van der Waals surface area contributed by atoms with Gasteiger partial charge in [0.15, 0.2) is 0 Å². The smallest absolute Gasteiger partial charge is 0.138 e. The predicted octanol–water partition coefficient (Wildman–Crippen LogP) is 3.01. The quantitative estimate of drug-likeness (QED) is 0.703. The fraction of sp³-hybridized carbons (Fsp3) is 0.143. The number of halogens is 1. The van der Waals surface area contributed by atoms with Crippen molar-refractivity contribution in [2.24, 2.45) is 0 Å². The SMILES string of the molecule is COc1cc(Br)ccc1[S]. The van der Waals surface area contributed by atoms with Crippen LogP contribution in [0.3, 0.4) is 0 Å². The number of rotatable bonds is 1. The summed E-state index contributed by atoms with van der Waals surface area (Å²) < 4.78 is 5.98. The lowest BCUT2D eigenvalue weighted by molar-refractivity contribution is 0.404. The molecule has 0 aromatic heterocycles. The molecule has 0 amide bonds. The van der Waals surface area contributed by atoms with Gasteiger partial charge in [0.1, 0.15) is 5.75 Å². The molecular weight excluding hydrogens is 212 g/mol. The summed E-state index contributed by atoms with van der Waals surface area (Å²) in [7, 11) is 1.61. The molecule has 0 N–H and O–H groups in total. The molecule has 1 rings (SSSR count). The number of hydrogen-bond donors (Lipinski definition) is 0. The van der Waals surface area contributed by atoms with Crippen molar-refractivity contribution in [2.45, 2.75) is 4.90 Å². The van der Waals surface area contributed by atoms with E-state index in [1.807, 2.05) is 18.2 Å². The maximum absolute atomic E-state index is 4.99. The van der Waals surface area contributed by atoms with Crippen LogP contribution in [0.2, 0.25) is 0 Å². The Morgan fingerprint density at radius 2 is 2.20 bits per heavy atom. The standard InChI is InChI=1S/C7H6BrOS/c1-9-6-4-5(8)2-3-7(6)10/h2-4H,1H3. The number of ether oxygens (including phenoxy) is 1. The highest BCUT2D eigenvalue weighted by Crippen LogP contribution is 2.25. The first kappa shape index (κ1) is 7.82. The Morgan fingerprint density at radius 1 is 1.50 bits per heavy atom. The number of hydrogen-bond acceptors (Lipinski definition) is 1. The molecule has 1 radical (unpaired) electrons. The molecule has 1 aromatic rings. The third-order valence-corrected chi connectivity index (χ3v) is 1.96. The lowest BCUT2D eigenvalue weighted by Gasteiger charge is -2.01. The first-order valence-corrected chi connectivity index (χ1v) is 3.94. The highest BCUT2D eigenvalue weighted by atomic mass is 79.9. The van der Waals surface area contributed by atoms with Crippen molar-refractivity contribution in [1.82, 2.24) is 0 Å². The summed E-state index contributed by atoms with van der Waals surface area (Å²) in [5, 5.41) is 0.